The summed E-state index contributed by atoms with van der Waals surface area (Å²) in [6.45, 7) is 3.10. The molecule has 0 saturated heterocycles. The number of furan rings is 1. The monoisotopic (exact) mass is 432 g/mol. The highest BCUT2D eigenvalue weighted by molar-refractivity contribution is 5.95. The first-order valence-corrected chi connectivity index (χ1v) is 9.49. The number of rotatable bonds is 8. The van der Waals surface area contributed by atoms with Gasteiger partial charge in [-0.25, -0.2) is 18.8 Å². The zero-order chi connectivity index (χ0) is 22.4. The van der Waals surface area contributed by atoms with E-state index < -0.39 is 24.0 Å². The number of ether oxygens (including phenoxy) is 3. The smallest absolute Gasteiger partial charge is 0.374 e. The molecule has 1 atom stereocenters. The number of carbonyl (C=O) groups excluding carboxylic acids is 3. The van der Waals surface area contributed by atoms with Crippen LogP contribution < -0.4 is 15.4 Å². The largest absolute Gasteiger partial charge is 0.486 e. The third kappa shape index (κ3) is 5.62. The molecule has 0 saturated carbocycles. The highest BCUT2D eigenvalue weighted by Gasteiger charge is 2.30. The predicted octanol–water partition coefficient (Wildman–Crippen LogP) is 2.67. The second kappa shape index (κ2) is 9.79. The molecule has 1 aromatic heterocycles. The summed E-state index contributed by atoms with van der Waals surface area (Å²) in [6, 6.07) is 7.28. The highest BCUT2D eigenvalue weighted by Crippen LogP contribution is 2.17. The molecule has 2 N–H and O–H groups in total. The third-order valence-electron chi connectivity index (χ3n) is 4.27. The van der Waals surface area contributed by atoms with Crippen molar-refractivity contribution in [2.45, 2.75) is 26.5 Å². The molecule has 164 valence electrons. The zero-order valence-electron chi connectivity index (χ0n) is 16.9. The Morgan fingerprint density at radius 2 is 1.81 bits per heavy atom. The molecule has 0 radical (unpaired) electrons. The number of nitrogens with one attached hydrogen (secondary N) is 2. The molecule has 2 heterocycles. The van der Waals surface area contributed by atoms with Crippen molar-refractivity contribution in [3.05, 3.63) is 65.0 Å². The number of carbonyl (C=O) groups is 3. The quantitative estimate of drug-likeness (QED) is 0.616. The van der Waals surface area contributed by atoms with E-state index in [2.05, 4.69) is 10.6 Å². The topological polar surface area (TPSA) is 116 Å². The van der Waals surface area contributed by atoms with Gasteiger partial charge < -0.3 is 29.3 Å². The average molecular weight is 432 g/mol. The van der Waals surface area contributed by atoms with E-state index in [0.29, 0.717) is 11.5 Å². The van der Waals surface area contributed by atoms with Gasteiger partial charge >= 0.3 is 18.0 Å². The second-order valence-corrected chi connectivity index (χ2v) is 6.52. The summed E-state index contributed by atoms with van der Waals surface area (Å²) >= 11 is 0. The van der Waals surface area contributed by atoms with E-state index in [-0.39, 0.29) is 42.7 Å². The maximum Gasteiger partial charge on any atom is 0.374 e. The summed E-state index contributed by atoms with van der Waals surface area (Å²) in [4.78, 5) is 36.2. The Hall–Kier alpha value is -3.82. The van der Waals surface area contributed by atoms with E-state index in [4.69, 9.17) is 18.6 Å². The van der Waals surface area contributed by atoms with Crippen molar-refractivity contribution in [3.63, 3.8) is 0 Å². The molecule has 0 bridgehead atoms. The van der Waals surface area contributed by atoms with Crippen molar-refractivity contribution >= 4 is 18.0 Å². The number of benzene rings is 1. The lowest BCUT2D eigenvalue weighted by atomic mass is 10.0. The van der Waals surface area contributed by atoms with E-state index in [1.165, 1.54) is 36.4 Å². The standard InChI is InChI=1S/C21H21FN2O7/c1-3-28-20(26)18-12(2)23-21(27)24-16(18)11-30-19(25)17-9-8-15(31-17)10-29-14-6-4-13(22)5-7-14/h4-9,12H,3,10-11H2,1-2H3,(H2,23,24,27)/t12-/m0/s1. The minimum atomic E-state index is -0.788. The summed E-state index contributed by atoms with van der Waals surface area (Å²) in [5.41, 5.74) is 0.302. The number of esters is 2. The molecule has 0 spiro atoms. The van der Waals surface area contributed by atoms with Crippen molar-refractivity contribution in [2.75, 3.05) is 13.2 Å². The molecule has 0 unspecified atom stereocenters. The summed E-state index contributed by atoms with van der Waals surface area (Å²) in [7, 11) is 0. The van der Waals surface area contributed by atoms with Crippen molar-refractivity contribution < 1.29 is 37.4 Å². The fourth-order valence-corrected chi connectivity index (χ4v) is 2.85. The first kappa shape index (κ1) is 21.9. The molecule has 0 fully saturated rings. The lowest BCUT2D eigenvalue weighted by Crippen LogP contribution is -2.50. The molecule has 9 nitrogen and oxygen atoms in total. The van der Waals surface area contributed by atoms with E-state index in [0.717, 1.165) is 0 Å². The first-order valence-electron chi connectivity index (χ1n) is 9.49. The molecular formula is C21H21FN2O7. The molecule has 0 aliphatic carbocycles. The van der Waals surface area contributed by atoms with Gasteiger partial charge in [-0.05, 0) is 50.2 Å². The van der Waals surface area contributed by atoms with Gasteiger partial charge in [-0.1, -0.05) is 0 Å². The Morgan fingerprint density at radius 3 is 2.52 bits per heavy atom. The zero-order valence-corrected chi connectivity index (χ0v) is 16.9. The highest BCUT2D eigenvalue weighted by atomic mass is 19.1. The van der Waals surface area contributed by atoms with Gasteiger partial charge in [0.05, 0.1) is 23.9 Å². The van der Waals surface area contributed by atoms with Crippen LogP contribution in [0.15, 0.2) is 52.1 Å². The van der Waals surface area contributed by atoms with Crippen LogP contribution in [0.25, 0.3) is 0 Å². The van der Waals surface area contributed by atoms with E-state index >= 15 is 0 Å². The van der Waals surface area contributed by atoms with Crippen LogP contribution in [0.5, 0.6) is 5.75 Å². The van der Waals surface area contributed by atoms with Gasteiger partial charge in [0.15, 0.2) is 0 Å². The molecular weight excluding hydrogens is 411 g/mol. The Balaban J connectivity index is 1.61. The Morgan fingerprint density at radius 1 is 1.06 bits per heavy atom. The van der Waals surface area contributed by atoms with Crippen LogP contribution in [0, 0.1) is 5.82 Å². The minimum Gasteiger partial charge on any atom is -0.486 e. The normalized spacial score (nSPS) is 15.7. The Bertz CT molecular complexity index is 997. The van der Waals surface area contributed by atoms with Crippen molar-refractivity contribution in [1.29, 1.82) is 0 Å². The number of urea groups is 1. The van der Waals surface area contributed by atoms with Crippen molar-refractivity contribution in [3.8, 4) is 5.75 Å². The summed E-state index contributed by atoms with van der Waals surface area (Å²) in [5, 5.41) is 5.01. The van der Waals surface area contributed by atoms with E-state index in [1.807, 2.05) is 0 Å². The maximum absolute atomic E-state index is 12.9. The average Bonchev–Trinajstić information content (AvgIpc) is 3.20. The molecule has 2 amide bonds. The molecule has 10 heteroatoms. The van der Waals surface area contributed by atoms with Crippen LogP contribution in [0.1, 0.15) is 30.2 Å². The van der Waals surface area contributed by atoms with Crippen LogP contribution >= 0.6 is 0 Å². The number of amides is 2. The predicted molar refractivity (Wildman–Crippen MR) is 105 cm³/mol. The van der Waals surface area contributed by atoms with Crippen LogP contribution in [-0.2, 0) is 20.9 Å². The lowest BCUT2D eigenvalue weighted by Gasteiger charge is -2.26. The van der Waals surface area contributed by atoms with Crippen LogP contribution in [-0.4, -0.2) is 37.2 Å². The lowest BCUT2D eigenvalue weighted by molar-refractivity contribution is -0.139. The summed E-state index contributed by atoms with van der Waals surface area (Å²) in [6.07, 6.45) is 0. The SMILES string of the molecule is CCOC(=O)C1=C(COC(=O)c2ccc(COc3ccc(F)cc3)o2)NC(=O)N[C@H]1C. The molecule has 1 aliphatic heterocycles. The van der Waals surface area contributed by atoms with Crippen molar-refractivity contribution in [1.82, 2.24) is 10.6 Å². The second-order valence-electron chi connectivity index (χ2n) is 6.52. The molecule has 1 aliphatic rings. The van der Waals surface area contributed by atoms with Gasteiger partial charge in [0.2, 0.25) is 5.76 Å². The van der Waals surface area contributed by atoms with Crippen LogP contribution in [0.3, 0.4) is 0 Å². The Labute approximate surface area is 177 Å². The van der Waals surface area contributed by atoms with Gasteiger partial charge in [-0.15, -0.1) is 0 Å². The molecule has 1 aromatic carbocycles. The molecule has 2 aromatic rings. The number of hydrogen-bond donors (Lipinski definition) is 2. The fourth-order valence-electron chi connectivity index (χ4n) is 2.85. The first-order chi connectivity index (χ1) is 14.9. The van der Waals surface area contributed by atoms with Gasteiger partial charge in [0, 0.05) is 0 Å². The van der Waals surface area contributed by atoms with Crippen molar-refractivity contribution in [2.24, 2.45) is 0 Å². The molecule has 31 heavy (non-hydrogen) atoms. The Kier molecular flexibility index (Phi) is 6.91. The van der Waals surface area contributed by atoms with Crippen LogP contribution in [0.4, 0.5) is 9.18 Å². The van der Waals surface area contributed by atoms with Gasteiger partial charge in [-0.3, -0.25) is 0 Å². The number of hydrogen-bond acceptors (Lipinski definition) is 7. The summed E-state index contributed by atoms with van der Waals surface area (Å²) in [5.74, 6) is -1.07. The van der Waals surface area contributed by atoms with Gasteiger partial charge in [-0.2, -0.15) is 0 Å². The van der Waals surface area contributed by atoms with E-state index in [1.54, 1.807) is 13.8 Å². The summed E-state index contributed by atoms with van der Waals surface area (Å²) < 4.78 is 34.0. The van der Waals surface area contributed by atoms with E-state index in [9.17, 15) is 18.8 Å². The molecule has 3 rings (SSSR count). The van der Waals surface area contributed by atoms with Crippen LogP contribution in [0.2, 0.25) is 0 Å². The number of halogens is 1. The maximum atomic E-state index is 12.9. The fraction of sp³-hybridized carbons (Fsp3) is 0.286. The third-order valence-corrected chi connectivity index (χ3v) is 4.27. The van der Waals surface area contributed by atoms with Gasteiger partial charge in [0.25, 0.3) is 0 Å². The van der Waals surface area contributed by atoms with Gasteiger partial charge in [0.1, 0.15) is 30.5 Å². The minimum absolute atomic E-state index is 0.0241.